The summed E-state index contributed by atoms with van der Waals surface area (Å²) in [5.74, 6) is -0.0275. The molecule has 2 aliphatic rings. The van der Waals surface area contributed by atoms with E-state index >= 15 is 0 Å². The van der Waals surface area contributed by atoms with Gasteiger partial charge in [0, 0.05) is 18.1 Å². The van der Waals surface area contributed by atoms with Gasteiger partial charge in [-0.25, -0.2) is 0 Å². The van der Waals surface area contributed by atoms with E-state index in [0.717, 1.165) is 6.42 Å². The van der Waals surface area contributed by atoms with Gasteiger partial charge >= 0.3 is 0 Å². The second-order valence-corrected chi connectivity index (χ2v) is 7.85. The molecule has 1 saturated carbocycles. The summed E-state index contributed by atoms with van der Waals surface area (Å²) >= 11 is 0. The van der Waals surface area contributed by atoms with Gasteiger partial charge in [-0.1, -0.05) is 34.6 Å². The van der Waals surface area contributed by atoms with Crippen molar-refractivity contribution in [2.45, 2.75) is 66.2 Å². The minimum atomic E-state index is -0.444. The van der Waals surface area contributed by atoms with Crippen molar-refractivity contribution >= 4 is 11.8 Å². The molecule has 5 heteroatoms. The van der Waals surface area contributed by atoms with Gasteiger partial charge in [0.15, 0.2) is 0 Å². The van der Waals surface area contributed by atoms with Crippen LogP contribution < -0.4 is 5.32 Å². The van der Waals surface area contributed by atoms with Crippen molar-refractivity contribution < 1.29 is 14.3 Å². The number of nitrogens with zero attached hydrogens (tertiary/aromatic N) is 1. The minimum Gasteiger partial charge on any atom is -0.378 e. The number of amides is 2. The zero-order valence-electron chi connectivity index (χ0n) is 14.0. The molecular weight excluding hydrogens is 268 g/mol. The van der Waals surface area contributed by atoms with Crippen molar-refractivity contribution in [1.82, 2.24) is 10.2 Å². The van der Waals surface area contributed by atoms with Crippen LogP contribution in [0.2, 0.25) is 0 Å². The number of carbonyl (C=O) groups is 2. The summed E-state index contributed by atoms with van der Waals surface area (Å²) in [7, 11) is 0. The predicted octanol–water partition coefficient (Wildman–Crippen LogP) is 1.56. The van der Waals surface area contributed by atoms with E-state index in [2.05, 4.69) is 19.2 Å². The first-order valence-electron chi connectivity index (χ1n) is 7.80. The summed E-state index contributed by atoms with van der Waals surface area (Å²) in [6, 6.07) is -0.363. The lowest BCUT2D eigenvalue weighted by molar-refractivity contribution is -0.177. The lowest BCUT2D eigenvalue weighted by atomic mass is 9.63. The number of ether oxygens (including phenoxy) is 1. The summed E-state index contributed by atoms with van der Waals surface area (Å²) < 4.78 is 5.73. The molecule has 2 amide bonds. The first kappa shape index (κ1) is 16.3. The maximum atomic E-state index is 12.8. The molecule has 0 aromatic heterocycles. The number of piperazine rings is 1. The number of nitrogens with one attached hydrogen (secondary N) is 1. The fourth-order valence-electron chi connectivity index (χ4n) is 3.39. The molecule has 1 aliphatic heterocycles. The highest BCUT2D eigenvalue weighted by Crippen LogP contribution is 2.46. The summed E-state index contributed by atoms with van der Waals surface area (Å²) in [5.41, 5.74) is -0.385. The largest absolute Gasteiger partial charge is 0.378 e. The third-order valence-corrected chi connectivity index (χ3v) is 4.89. The van der Waals surface area contributed by atoms with E-state index in [1.54, 1.807) is 4.90 Å². The molecule has 120 valence electrons. The van der Waals surface area contributed by atoms with Crippen LogP contribution in [-0.4, -0.2) is 48.1 Å². The molecule has 3 atom stereocenters. The Balaban J connectivity index is 2.17. The summed E-state index contributed by atoms with van der Waals surface area (Å²) in [5, 5.41) is 2.84. The van der Waals surface area contributed by atoms with Crippen LogP contribution >= 0.6 is 0 Å². The maximum Gasteiger partial charge on any atom is 0.246 e. The van der Waals surface area contributed by atoms with E-state index in [1.807, 2.05) is 27.7 Å². The zero-order valence-corrected chi connectivity index (χ0v) is 14.0. The summed E-state index contributed by atoms with van der Waals surface area (Å²) in [6.45, 7) is 13.0. The van der Waals surface area contributed by atoms with Gasteiger partial charge in [0.1, 0.15) is 6.04 Å². The minimum absolute atomic E-state index is 0.0372. The molecule has 0 spiro atoms. The Morgan fingerprint density at radius 3 is 2.43 bits per heavy atom. The molecule has 3 unspecified atom stereocenters. The first-order chi connectivity index (χ1) is 9.59. The lowest BCUT2D eigenvalue weighted by Gasteiger charge is -2.57. The highest BCUT2D eigenvalue weighted by Gasteiger charge is 2.55. The topological polar surface area (TPSA) is 58.6 Å². The molecule has 1 saturated heterocycles. The van der Waals surface area contributed by atoms with Crippen molar-refractivity contribution in [2.24, 2.45) is 10.8 Å². The van der Waals surface area contributed by atoms with Crippen molar-refractivity contribution in [2.75, 3.05) is 13.2 Å². The van der Waals surface area contributed by atoms with Gasteiger partial charge in [0.05, 0.1) is 12.6 Å². The predicted molar refractivity (Wildman–Crippen MR) is 80.7 cm³/mol. The molecule has 5 nitrogen and oxygen atoms in total. The van der Waals surface area contributed by atoms with E-state index in [9.17, 15) is 9.59 Å². The normalized spacial score (nSPS) is 32.7. The fraction of sp³-hybridized carbons (Fsp3) is 0.875. The van der Waals surface area contributed by atoms with Gasteiger partial charge in [-0.3, -0.25) is 9.59 Å². The van der Waals surface area contributed by atoms with Gasteiger partial charge in [-0.15, -0.1) is 0 Å². The van der Waals surface area contributed by atoms with Crippen molar-refractivity contribution in [1.29, 1.82) is 0 Å². The number of hydrogen-bond acceptors (Lipinski definition) is 3. The summed E-state index contributed by atoms with van der Waals surface area (Å²) in [6.07, 6.45) is 0.981. The second-order valence-electron chi connectivity index (χ2n) is 7.85. The SMILES string of the molecule is CCOC1CC(N2CC(=O)NC(C(C)(C)C)C2=O)C1(C)C. The Morgan fingerprint density at radius 1 is 1.33 bits per heavy atom. The fourth-order valence-corrected chi connectivity index (χ4v) is 3.39. The highest BCUT2D eigenvalue weighted by atomic mass is 16.5. The van der Waals surface area contributed by atoms with Crippen LogP contribution in [0.4, 0.5) is 0 Å². The Hall–Kier alpha value is -1.10. The van der Waals surface area contributed by atoms with E-state index in [4.69, 9.17) is 4.74 Å². The maximum absolute atomic E-state index is 12.8. The third kappa shape index (κ3) is 2.80. The van der Waals surface area contributed by atoms with E-state index < -0.39 is 6.04 Å². The highest BCUT2D eigenvalue weighted by molar-refractivity contribution is 5.95. The van der Waals surface area contributed by atoms with E-state index in [0.29, 0.717) is 6.61 Å². The van der Waals surface area contributed by atoms with E-state index in [-0.39, 0.29) is 41.3 Å². The lowest BCUT2D eigenvalue weighted by Crippen LogP contribution is -2.71. The Labute approximate surface area is 127 Å². The average Bonchev–Trinajstić information content (AvgIpc) is 2.35. The molecule has 2 rings (SSSR count). The van der Waals surface area contributed by atoms with Crippen LogP contribution in [0.25, 0.3) is 0 Å². The molecule has 0 aromatic carbocycles. The molecule has 21 heavy (non-hydrogen) atoms. The van der Waals surface area contributed by atoms with Crippen LogP contribution in [-0.2, 0) is 14.3 Å². The van der Waals surface area contributed by atoms with Crippen LogP contribution in [0.5, 0.6) is 0 Å². The number of rotatable bonds is 3. The monoisotopic (exact) mass is 296 g/mol. The molecule has 1 N–H and O–H groups in total. The van der Waals surface area contributed by atoms with Gasteiger partial charge in [0.2, 0.25) is 11.8 Å². The first-order valence-corrected chi connectivity index (χ1v) is 7.80. The zero-order chi connectivity index (χ0) is 16.0. The number of carbonyl (C=O) groups excluding carboxylic acids is 2. The second kappa shape index (κ2) is 5.27. The van der Waals surface area contributed by atoms with Crippen LogP contribution in [0, 0.1) is 10.8 Å². The molecule has 1 heterocycles. The van der Waals surface area contributed by atoms with E-state index in [1.165, 1.54) is 0 Å². The van der Waals surface area contributed by atoms with Gasteiger partial charge in [-0.05, 0) is 18.8 Å². The smallest absolute Gasteiger partial charge is 0.246 e. The molecule has 0 aromatic rings. The Bertz CT molecular complexity index is 439. The quantitative estimate of drug-likeness (QED) is 0.860. The molecule has 0 bridgehead atoms. The number of hydrogen-bond donors (Lipinski definition) is 1. The van der Waals surface area contributed by atoms with Crippen LogP contribution in [0.1, 0.15) is 48.0 Å². The van der Waals surface area contributed by atoms with Crippen LogP contribution in [0.15, 0.2) is 0 Å². The Morgan fingerprint density at radius 2 is 1.95 bits per heavy atom. The van der Waals surface area contributed by atoms with Gasteiger partial charge in [0.25, 0.3) is 0 Å². The van der Waals surface area contributed by atoms with Gasteiger partial charge in [-0.2, -0.15) is 0 Å². The van der Waals surface area contributed by atoms with Crippen molar-refractivity contribution in [3.05, 3.63) is 0 Å². The molecule has 1 aliphatic carbocycles. The van der Waals surface area contributed by atoms with Gasteiger partial charge < -0.3 is 15.0 Å². The Kier molecular flexibility index (Phi) is 4.08. The molecular formula is C16H28N2O3. The van der Waals surface area contributed by atoms with Crippen molar-refractivity contribution in [3.63, 3.8) is 0 Å². The third-order valence-electron chi connectivity index (χ3n) is 4.89. The molecule has 0 radical (unpaired) electrons. The van der Waals surface area contributed by atoms with Crippen molar-refractivity contribution in [3.8, 4) is 0 Å². The van der Waals surface area contributed by atoms with Crippen LogP contribution in [0.3, 0.4) is 0 Å². The average molecular weight is 296 g/mol. The summed E-state index contributed by atoms with van der Waals surface area (Å²) in [4.78, 5) is 26.5. The standard InChI is InChI=1S/C16H28N2O3/c1-7-21-11-8-10(16(11,5)6)18-9-12(19)17-13(14(18)20)15(2,3)4/h10-11,13H,7-9H2,1-6H3,(H,17,19). The molecule has 2 fully saturated rings.